The van der Waals surface area contributed by atoms with Crippen LogP contribution < -0.4 is 4.90 Å². The third-order valence-corrected chi connectivity index (χ3v) is 7.03. The molecule has 5 nitrogen and oxygen atoms in total. The fraction of sp³-hybridized carbons (Fsp3) is 0.393. The first kappa shape index (κ1) is 21.6. The second-order valence-electron chi connectivity index (χ2n) is 9.41. The Morgan fingerprint density at radius 1 is 0.939 bits per heavy atom. The van der Waals surface area contributed by atoms with Gasteiger partial charge in [-0.15, -0.1) is 0 Å². The van der Waals surface area contributed by atoms with Crippen molar-refractivity contribution in [1.82, 2.24) is 14.9 Å². The van der Waals surface area contributed by atoms with Crippen LogP contribution in [0.25, 0.3) is 11.4 Å². The fourth-order valence-corrected chi connectivity index (χ4v) is 4.84. The summed E-state index contributed by atoms with van der Waals surface area (Å²) in [6.07, 6.45) is 4.12. The van der Waals surface area contributed by atoms with Crippen molar-refractivity contribution in [3.8, 4) is 11.4 Å². The highest BCUT2D eigenvalue weighted by molar-refractivity contribution is 5.80. The van der Waals surface area contributed by atoms with E-state index in [9.17, 15) is 4.79 Å². The number of carbonyl (C=O) groups is 1. The van der Waals surface area contributed by atoms with E-state index in [2.05, 4.69) is 60.0 Å². The lowest BCUT2D eigenvalue weighted by Gasteiger charge is -2.39. The summed E-state index contributed by atoms with van der Waals surface area (Å²) < 4.78 is 0. The van der Waals surface area contributed by atoms with Crippen molar-refractivity contribution in [2.45, 2.75) is 39.5 Å². The van der Waals surface area contributed by atoms with Crippen molar-refractivity contribution in [2.24, 2.45) is 5.92 Å². The van der Waals surface area contributed by atoms with Crippen LogP contribution in [-0.4, -0.2) is 47.0 Å². The average Bonchev–Trinajstić information content (AvgIpc) is 2.80. The second-order valence-corrected chi connectivity index (χ2v) is 9.41. The van der Waals surface area contributed by atoms with Crippen LogP contribution in [0.3, 0.4) is 0 Å². The molecular weight excluding hydrogens is 408 g/mol. The molecule has 0 unspecified atom stereocenters. The fourth-order valence-electron chi connectivity index (χ4n) is 4.84. The monoisotopic (exact) mass is 440 g/mol. The van der Waals surface area contributed by atoms with Gasteiger partial charge in [0.2, 0.25) is 5.91 Å². The summed E-state index contributed by atoms with van der Waals surface area (Å²) in [6, 6.07) is 18.9. The summed E-state index contributed by atoms with van der Waals surface area (Å²) >= 11 is 0. The predicted octanol–water partition coefficient (Wildman–Crippen LogP) is 4.80. The van der Waals surface area contributed by atoms with Gasteiger partial charge in [-0.05, 0) is 32.3 Å². The third kappa shape index (κ3) is 4.63. The van der Waals surface area contributed by atoms with E-state index in [1.807, 2.05) is 18.2 Å². The van der Waals surface area contributed by atoms with Crippen LogP contribution >= 0.6 is 0 Å². The lowest BCUT2D eigenvalue weighted by atomic mass is 9.84. The molecule has 1 saturated carbocycles. The summed E-state index contributed by atoms with van der Waals surface area (Å²) in [5.74, 6) is 2.40. The van der Waals surface area contributed by atoms with Crippen LogP contribution in [0, 0.1) is 19.8 Å². The number of carbonyl (C=O) groups excluding carboxylic acids is 1. The van der Waals surface area contributed by atoms with Crippen LogP contribution in [0.4, 0.5) is 5.82 Å². The molecule has 1 aromatic heterocycles. The van der Waals surface area contributed by atoms with Gasteiger partial charge in [-0.3, -0.25) is 4.79 Å². The van der Waals surface area contributed by atoms with Gasteiger partial charge < -0.3 is 9.80 Å². The zero-order valence-electron chi connectivity index (χ0n) is 19.6. The van der Waals surface area contributed by atoms with Crippen molar-refractivity contribution in [3.05, 3.63) is 77.0 Å². The van der Waals surface area contributed by atoms with E-state index < -0.39 is 0 Å². The van der Waals surface area contributed by atoms with Crippen molar-refractivity contribution in [1.29, 1.82) is 0 Å². The van der Waals surface area contributed by atoms with E-state index in [1.54, 1.807) is 0 Å². The molecule has 0 atom stereocenters. The van der Waals surface area contributed by atoms with E-state index in [4.69, 9.17) is 9.97 Å². The first-order chi connectivity index (χ1) is 16.1. The molecule has 3 aromatic rings. The minimum Gasteiger partial charge on any atom is -0.353 e. The smallest absolute Gasteiger partial charge is 0.225 e. The molecule has 0 bridgehead atoms. The molecule has 2 aliphatic rings. The van der Waals surface area contributed by atoms with Gasteiger partial charge in [0.05, 0.1) is 0 Å². The van der Waals surface area contributed by atoms with Crippen LogP contribution in [-0.2, 0) is 11.2 Å². The summed E-state index contributed by atoms with van der Waals surface area (Å²) in [6.45, 7) is 7.38. The number of anilines is 1. The molecule has 1 saturated heterocycles. The minimum absolute atomic E-state index is 0.263. The largest absolute Gasteiger partial charge is 0.353 e. The first-order valence-corrected chi connectivity index (χ1v) is 12.1. The van der Waals surface area contributed by atoms with E-state index >= 15 is 0 Å². The first-order valence-electron chi connectivity index (χ1n) is 12.1. The molecule has 2 aromatic carbocycles. The van der Waals surface area contributed by atoms with E-state index in [-0.39, 0.29) is 5.92 Å². The normalized spacial score (nSPS) is 16.5. The van der Waals surface area contributed by atoms with Gasteiger partial charge in [0, 0.05) is 55.3 Å². The van der Waals surface area contributed by atoms with E-state index in [0.29, 0.717) is 5.91 Å². The quantitative estimate of drug-likeness (QED) is 0.572. The van der Waals surface area contributed by atoms with Crippen molar-refractivity contribution < 1.29 is 4.79 Å². The van der Waals surface area contributed by atoms with Gasteiger partial charge in [-0.1, -0.05) is 66.6 Å². The van der Waals surface area contributed by atoms with Crippen LogP contribution in [0.2, 0.25) is 0 Å². The standard InChI is InChI=1S/C28H32N4O/c1-20-8-6-9-22(18-20)19-25-21(2)29-26(23-10-4-3-5-11-23)30-27(25)31-14-16-32(17-15-31)28(33)24-12-7-13-24/h3-6,8-11,18,24H,7,12-17,19H2,1-2H3. The lowest BCUT2D eigenvalue weighted by molar-refractivity contribution is -0.138. The Labute approximate surface area is 196 Å². The van der Waals surface area contributed by atoms with Gasteiger partial charge in [-0.2, -0.15) is 0 Å². The number of hydrogen-bond acceptors (Lipinski definition) is 4. The van der Waals surface area contributed by atoms with E-state index in [0.717, 1.165) is 68.3 Å². The summed E-state index contributed by atoms with van der Waals surface area (Å²) in [5, 5.41) is 0. The van der Waals surface area contributed by atoms with Crippen molar-refractivity contribution in [3.63, 3.8) is 0 Å². The maximum absolute atomic E-state index is 12.7. The number of amides is 1. The summed E-state index contributed by atoms with van der Waals surface area (Å²) in [4.78, 5) is 27.1. The van der Waals surface area contributed by atoms with Gasteiger partial charge >= 0.3 is 0 Å². The second kappa shape index (κ2) is 9.34. The maximum Gasteiger partial charge on any atom is 0.225 e. The molecule has 170 valence electrons. The number of rotatable bonds is 5. The Morgan fingerprint density at radius 3 is 2.36 bits per heavy atom. The Kier molecular flexibility index (Phi) is 6.12. The van der Waals surface area contributed by atoms with Crippen LogP contribution in [0.1, 0.15) is 41.6 Å². The summed E-state index contributed by atoms with van der Waals surface area (Å²) in [7, 11) is 0. The number of benzene rings is 2. The predicted molar refractivity (Wildman–Crippen MR) is 132 cm³/mol. The number of hydrogen-bond donors (Lipinski definition) is 0. The molecule has 1 aliphatic carbocycles. The molecule has 1 amide bonds. The van der Waals surface area contributed by atoms with Crippen LogP contribution in [0.15, 0.2) is 54.6 Å². The highest BCUT2D eigenvalue weighted by Crippen LogP contribution is 2.31. The SMILES string of the molecule is Cc1cccc(Cc2c(C)nc(-c3ccccc3)nc2N2CCN(C(=O)C3CCC3)CC2)c1. The number of piperazine rings is 1. The van der Waals surface area contributed by atoms with Crippen molar-refractivity contribution >= 4 is 11.7 Å². The molecule has 2 fully saturated rings. The highest BCUT2D eigenvalue weighted by atomic mass is 16.2. The zero-order chi connectivity index (χ0) is 22.8. The lowest BCUT2D eigenvalue weighted by Crippen LogP contribution is -2.51. The summed E-state index contributed by atoms with van der Waals surface area (Å²) in [5.41, 5.74) is 5.76. The Morgan fingerprint density at radius 2 is 1.70 bits per heavy atom. The molecule has 2 heterocycles. The molecule has 0 N–H and O–H groups in total. The van der Waals surface area contributed by atoms with Gasteiger partial charge in [0.15, 0.2) is 5.82 Å². The molecule has 0 radical (unpaired) electrons. The van der Waals surface area contributed by atoms with Gasteiger partial charge in [0.1, 0.15) is 5.82 Å². The van der Waals surface area contributed by atoms with Crippen molar-refractivity contribution in [2.75, 3.05) is 31.1 Å². The third-order valence-electron chi connectivity index (χ3n) is 7.03. The number of nitrogens with zero attached hydrogens (tertiary/aromatic N) is 4. The topological polar surface area (TPSA) is 49.3 Å². The molecule has 5 heteroatoms. The Balaban J connectivity index is 1.45. The average molecular weight is 441 g/mol. The Hall–Kier alpha value is -3.21. The maximum atomic E-state index is 12.7. The number of aryl methyl sites for hydroxylation is 2. The molecule has 1 aliphatic heterocycles. The minimum atomic E-state index is 0.263. The molecule has 0 spiro atoms. The molecular formula is C28H32N4O. The zero-order valence-corrected chi connectivity index (χ0v) is 19.6. The Bertz CT molecular complexity index is 1130. The highest BCUT2D eigenvalue weighted by Gasteiger charge is 2.32. The molecule has 33 heavy (non-hydrogen) atoms. The van der Waals surface area contributed by atoms with Gasteiger partial charge in [-0.25, -0.2) is 9.97 Å². The molecule has 5 rings (SSSR count). The van der Waals surface area contributed by atoms with Crippen LogP contribution in [0.5, 0.6) is 0 Å². The number of aromatic nitrogens is 2. The van der Waals surface area contributed by atoms with E-state index in [1.165, 1.54) is 23.1 Å². The van der Waals surface area contributed by atoms with Gasteiger partial charge in [0.25, 0.3) is 0 Å².